The minimum absolute atomic E-state index is 0.0493. The van der Waals surface area contributed by atoms with Gasteiger partial charge in [0.15, 0.2) is 0 Å². The first kappa shape index (κ1) is 17.8. The predicted octanol–water partition coefficient (Wildman–Crippen LogP) is 3.28. The first-order valence-corrected chi connectivity index (χ1v) is 10.4. The number of nitrogens with zero attached hydrogens (tertiary/aromatic N) is 2. The molecule has 4 bridgehead atoms. The summed E-state index contributed by atoms with van der Waals surface area (Å²) >= 11 is 0. The lowest BCUT2D eigenvalue weighted by molar-refractivity contribution is -0.162. The van der Waals surface area contributed by atoms with Gasteiger partial charge in [-0.05, 0) is 86.5 Å². The van der Waals surface area contributed by atoms with Gasteiger partial charge >= 0.3 is 6.09 Å². The molecular weight excluding hydrogens is 354 g/mol. The Kier molecular flexibility index (Phi) is 4.06. The molecule has 1 heterocycles. The fourth-order valence-corrected chi connectivity index (χ4v) is 7.11. The van der Waals surface area contributed by atoms with Crippen LogP contribution in [-0.4, -0.2) is 45.4 Å². The molecule has 1 amide bonds. The Bertz CT molecular complexity index is 801. The van der Waals surface area contributed by atoms with Crippen LogP contribution in [-0.2, 0) is 0 Å². The summed E-state index contributed by atoms with van der Waals surface area (Å²) in [6.45, 7) is 0.553. The third kappa shape index (κ3) is 2.84. The van der Waals surface area contributed by atoms with E-state index in [1.807, 2.05) is 12.1 Å². The van der Waals surface area contributed by atoms with Crippen molar-refractivity contribution in [2.24, 2.45) is 23.7 Å². The van der Waals surface area contributed by atoms with E-state index < -0.39 is 11.7 Å². The van der Waals surface area contributed by atoms with Gasteiger partial charge in [-0.25, -0.2) is 4.79 Å². The smallest absolute Gasteiger partial charge is 0.407 e. The molecule has 3 N–H and O–H groups in total. The Balaban J connectivity index is 1.42. The van der Waals surface area contributed by atoms with Gasteiger partial charge < -0.3 is 20.4 Å². The van der Waals surface area contributed by atoms with Gasteiger partial charge in [0.2, 0.25) is 0 Å². The summed E-state index contributed by atoms with van der Waals surface area (Å²) in [5.41, 5.74) is 1.05. The maximum absolute atomic E-state index is 12.0. The summed E-state index contributed by atoms with van der Waals surface area (Å²) in [5.74, 6) is 1.78. The summed E-state index contributed by atoms with van der Waals surface area (Å²) in [7, 11) is 0. The molecule has 6 heteroatoms. The molecule has 5 aliphatic rings. The second-order valence-corrected chi connectivity index (χ2v) is 9.47. The van der Waals surface area contributed by atoms with Crippen LogP contribution in [0, 0.1) is 35.0 Å². The second kappa shape index (κ2) is 6.38. The maximum atomic E-state index is 12.0. The SMILES string of the molecule is N#Cc1ccc(NC2CCN(C(=O)O)[C@@H]2C2C3CC4C[C@H]2C[C@@](O)(C4)C3)cc1. The molecular formula is C22H27N3O3. The molecule has 4 saturated carbocycles. The van der Waals surface area contributed by atoms with Crippen LogP contribution in [0.4, 0.5) is 10.5 Å². The molecule has 1 aliphatic heterocycles. The van der Waals surface area contributed by atoms with E-state index in [1.165, 1.54) is 0 Å². The summed E-state index contributed by atoms with van der Waals surface area (Å²) in [6, 6.07) is 9.54. The number of anilines is 1. The van der Waals surface area contributed by atoms with Crippen molar-refractivity contribution in [1.29, 1.82) is 5.26 Å². The zero-order chi connectivity index (χ0) is 19.5. The lowest BCUT2D eigenvalue weighted by Crippen LogP contribution is -2.61. The Morgan fingerprint density at radius 1 is 1.18 bits per heavy atom. The van der Waals surface area contributed by atoms with Crippen molar-refractivity contribution in [2.75, 3.05) is 11.9 Å². The standard InChI is InChI=1S/C22H27N3O3/c23-12-13-1-3-17(4-2-13)24-18-5-6-25(21(26)27)20(18)19-15-7-14-8-16(19)11-22(28,9-14)10-15/h1-4,14-16,18-20,24,28H,5-11H2,(H,26,27)/t14?,15-,16?,18?,19?,20-,22-/m0/s1. The highest BCUT2D eigenvalue weighted by atomic mass is 16.4. The van der Waals surface area contributed by atoms with Crippen LogP contribution in [0.1, 0.15) is 44.1 Å². The van der Waals surface area contributed by atoms with E-state index in [4.69, 9.17) is 5.26 Å². The molecule has 0 radical (unpaired) electrons. The number of nitrogens with one attached hydrogen (secondary N) is 1. The molecule has 4 aliphatic carbocycles. The molecule has 0 aromatic heterocycles. The molecule has 7 atom stereocenters. The number of benzene rings is 1. The topological polar surface area (TPSA) is 96.6 Å². The number of rotatable bonds is 3. The highest BCUT2D eigenvalue weighted by Gasteiger charge is 2.59. The van der Waals surface area contributed by atoms with Gasteiger partial charge in [-0.3, -0.25) is 0 Å². The van der Waals surface area contributed by atoms with E-state index in [9.17, 15) is 15.0 Å². The third-order valence-corrected chi connectivity index (χ3v) is 7.77. The summed E-state index contributed by atoms with van der Waals surface area (Å²) in [6.07, 6.45) is 4.83. The molecule has 1 saturated heterocycles. The molecule has 1 aromatic carbocycles. The van der Waals surface area contributed by atoms with Crippen molar-refractivity contribution in [3.05, 3.63) is 29.8 Å². The van der Waals surface area contributed by atoms with Gasteiger partial charge in [0.1, 0.15) is 0 Å². The van der Waals surface area contributed by atoms with E-state index in [0.29, 0.717) is 35.8 Å². The third-order valence-electron chi connectivity index (χ3n) is 7.77. The summed E-state index contributed by atoms with van der Waals surface area (Å²) in [4.78, 5) is 13.7. The minimum atomic E-state index is -0.832. The number of hydrogen-bond donors (Lipinski definition) is 3. The highest BCUT2D eigenvalue weighted by Crippen LogP contribution is 2.60. The van der Waals surface area contributed by atoms with Crippen LogP contribution in [0.2, 0.25) is 0 Å². The summed E-state index contributed by atoms with van der Waals surface area (Å²) in [5, 5.41) is 33.3. The number of nitriles is 1. The molecule has 148 valence electrons. The lowest BCUT2D eigenvalue weighted by Gasteiger charge is -2.60. The van der Waals surface area contributed by atoms with E-state index in [1.54, 1.807) is 17.0 Å². The van der Waals surface area contributed by atoms with Gasteiger partial charge in [-0.1, -0.05) is 0 Å². The maximum Gasteiger partial charge on any atom is 0.407 e. The fourth-order valence-electron chi connectivity index (χ4n) is 7.11. The number of amides is 1. The van der Waals surface area contributed by atoms with E-state index >= 15 is 0 Å². The van der Waals surface area contributed by atoms with Crippen molar-refractivity contribution in [3.63, 3.8) is 0 Å². The highest BCUT2D eigenvalue weighted by molar-refractivity contribution is 5.66. The monoisotopic (exact) mass is 381 g/mol. The zero-order valence-corrected chi connectivity index (χ0v) is 15.9. The van der Waals surface area contributed by atoms with Gasteiger partial charge in [-0.15, -0.1) is 0 Å². The molecule has 6 nitrogen and oxygen atoms in total. The average Bonchev–Trinajstić information content (AvgIpc) is 3.04. The number of aliphatic hydroxyl groups is 1. The van der Waals surface area contributed by atoms with E-state index in [2.05, 4.69) is 11.4 Å². The lowest BCUT2D eigenvalue weighted by atomic mass is 9.48. The summed E-state index contributed by atoms with van der Waals surface area (Å²) < 4.78 is 0. The fraction of sp³-hybridized carbons (Fsp3) is 0.636. The first-order chi connectivity index (χ1) is 13.5. The number of carbonyl (C=O) groups is 1. The normalized spacial score (nSPS) is 41.1. The van der Waals surface area contributed by atoms with Crippen LogP contribution >= 0.6 is 0 Å². The van der Waals surface area contributed by atoms with Gasteiger partial charge in [0.05, 0.1) is 23.3 Å². The van der Waals surface area contributed by atoms with Crippen molar-refractivity contribution in [1.82, 2.24) is 4.90 Å². The van der Waals surface area contributed by atoms with Crippen LogP contribution in [0.5, 0.6) is 0 Å². The van der Waals surface area contributed by atoms with Crippen molar-refractivity contribution in [3.8, 4) is 6.07 Å². The van der Waals surface area contributed by atoms with Crippen molar-refractivity contribution in [2.45, 2.75) is 56.2 Å². The molecule has 1 aromatic rings. The number of hydrogen-bond acceptors (Lipinski definition) is 4. The molecule has 5 fully saturated rings. The Morgan fingerprint density at radius 2 is 1.86 bits per heavy atom. The van der Waals surface area contributed by atoms with Gasteiger partial charge in [-0.2, -0.15) is 5.26 Å². The molecule has 6 rings (SSSR count). The minimum Gasteiger partial charge on any atom is -0.465 e. The van der Waals surface area contributed by atoms with Crippen LogP contribution in [0.3, 0.4) is 0 Å². The quantitative estimate of drug-likeness (QED) is 0.747. The van der Waals surface area contributed by atoms with Gasteiger partial charge in [0, 0.05) is 18.3 Å². The van der Waals surface area contributed by atoms with E-state index in [-0.39, 0.29) is 12.1 Å². The zero-order valence-electron chi connectivity index (χ0n) is 15.9. The number of carboxylic acid groups (broad SMARTS) is 1. The van der Waals surface area contributed by atoms with E-state index in [0.717, 1.165) is 44.2 Å². The molecule has 4 unspecified atom stereocenters. The Morgan fingerprint density at radius 3 is 2.43 bits per heavy atom. The van der Waals surface area contributed by atoms with Crippen LogP contribution in [0.25, 0.3) is 0 Å². The van der Waals surface area contributed by atoms with Gasteiger partial charge in [0.25, 0.3) is 0 Å². The molecule has 0 spiro atoms. The van der Waals surface area contributed by atoms with Crippen molar-refractivity contribution >= 4 is 11.8 Å². The van der Waals surface area contributed by atoms with Crippen LogP contribution in [0.15, 0.2) is 24.3 Å². The average molecular weight is 381 g/mol. The Hall–Kier alpha value is -2.26. The van der Waals surface area contributed by atoms with Crippen molar-refractivity contribution < 1.29 is 15.0 Å². The number of likely N-dealkylation sites (tertiary alicyclic amines) is 1. The van der Waals surface area contributed by atoms with Crippen LogP contribution < -0.4 is 5.32 Å². The largest absolute Gasteiger partial charge is 0.465 e. The Labute approximate surface area is 165 Å². The predicted molar refractivity (Wildman–Crippen MR) is 104 cm³/mol. The molecule has 28 heavy (non-hydrogen) atoms. The first-order valence-electron chi connectivity index (χ1n) is 10.4. The second-order valence-electron chi connectivity index (χ2n) is 9.47.